The number of rotatable bonds is 6. The molecule has 43 heavy (non-hydrogen) atoms. The van der Waals surface area contributed by atoms with Crippen LogP contribution in [0.3, 0.4) is 0 Å². The fourth-order valence-electron chi connectivity index (χ4n) is 5.92. The number of amides is 1. The lowest BCUT2D eigenvalue weighted by Crippen LogP contribution is -2.29. The van der Waals surface area contributed by atoms with E-state index in [0.717, 1.165) is 36.4 Å². The summed E-state index contributed by atoms with van der Waals surface area (Å²) in [4.78, 5) is 37.2. The average Bonchev–Trinajstić information content (AvgIpc) is 3.55. The molecule has 9 nitrogen and oxygen atoms in total. The van der Waals surface area contributed by atoms with Crippen molar-refractivity contribution in [1.29, 1.82) is 0 Å². The van der Waals surface area contributed by atoms with E-state index in [1.807, 2.05) is 30.5 Å². The second kappa shape index (κ2) is 11.3. The highest BCUT2D eigenvalue weighted by atomic mass is 32.1. The lowest BCUT2D eigenvalue weighted by molar-refractivity contribution is 0.0999. The van der Waals surface area contributed by atoms with Gasteiger partial charge in [0.25, 0.3) is 11.5 Å². The molecule has 0 spiro atoms. The number of anilines is 3. The van der Waals surface area contributed by atoms with Crippen LogP contribution < -0.4 is 15.8 Å². The van der Waals surface area contributed by atoms with Crippen molar-refractivity contribution in [1.82, 2.24) is 19.7 Å². The topological polar surface area (TPSA) is 104 Å². The van der Waals surface area contributed by atoms with Crippen LogP contribution in [0.4, 0.5) is 17.2 Å². The molecule has 6 rings (SSSR count). The van der Waals surface area contributed by atoms with Crippen molar-refractivity contribution in [2.45, 2.75) is 58.1 Å². The zero-order chi connectivity index (χ0) is 30.5. The Kier molecular flexibility index (Phi) is 7.70. The molecule has 0 atom stereocenters. The zero-order valence-electron chi connectivity index (χ0n) is 25.3. The fraction of sp³-hybridized carbons (Fsp3) is 0.394. The predicted molar refractivity (Wildman–Crippen MR) is 171 cm³/mol. The van der Waals surface area contributed by atoms with E-state index in [0.29, 0.717) is 46.5 Å². The summed E-state index contributed by atoms with van der Waals surface area (Å²) in [6.07, 6.45) is 4.12. The first-order valence-electron chi connectivity index (χ1n) is 14.7. The highest BCUT2D eigenvalue weighted by molar-refractivity contribution is 7.14. The molecule has 3 aromatic heterocycles. The molecular weight excluding hydrogens is 560 g/mol. The number of hydrogen-bond acceptors (Lipinski definition) is 8. The first kappa shape index (κ1) is 29.2. The molecular formula is C33H38N6O3S. The van der Waals surface area contributed by atoms with Gasteiger partial charge in [0, 0.05) is 29.2 Å². The number of carbonyl (C=O) groups is 1. The minimum atomic E-state index is -0.291. The van der Waals surface area contributed by atoms with E-state index in [4.69, 9.17) is 0 Å². The number of aliphatic hydroxyl groups excluding tert-OH is 1. The van der Waals surface area contributed by atoms with Crippen LogP contribution >= 0.6 is 11.3 Å². The Morgan fingerprint density at radius 2 is 1.84 bits per heavy atom. The SMILES string of the molecule is CN1CCC(c2ccc(Nc3cc(-c4cccc(N5Cc6cc(C(C)(C)C)sc6C5=O)c4CO)nn(C)c3=O)nc2)CC1. The molecule has 0 saturated carbocycles. The predicted octanol–water partition coefficient (Wildman–Crippen LogP) is 5.41. The highest BCUT2D eigenvalue weighted by Crippen LogP contribution is 2.41. The van der Waals surface area contributed by atoms with Gasteiger partial charge in [0.05, 0.1) is 29.4 Å². The number of likely N-dealkylation sites (tertiary alicyclic amines) is 1. The number of thiophene rings is 1. The molecule has 5 heterocycles. The number of nitrogens with zero attached hydrogens (tertiary/aromatic N) is 5. The third-order valence-corrected chi connectivity index (χ3v) is 10.1. The number of carbonyl (C=O) groups excluding carboxylic acids is 1. The van der Waals surface area contributed by atoms with Gasteiger partial charge < -0.3 is 20.2 Å². The first-order valence-corrected chi connectivity index (χ1v) is 15.5. The van der Waals surface area contributed by atoms with Gasteiger partial charge in [-0.05, 0) is 79.7 Å². The zero-order valence-corrected chi connectivity index (χ0v) is 26.2. The summed E-state index contributed by atoms with van der Waals surface area (Å²) in [6, 6.07) is 13.4. The fourth-order valence-corrected chi connectivity index (χ4v) is 7.10. The third-order valence-electron chi connectivity index (χ3n) is 8.49. The maximum absolute atomic E-state index is 13.5. The summed E-state index contributed by atoms with van der Waals surface area (Å²) in [5.41, 5.74) is 4.62. The van der Waals surface area contributed by atoms with Gasteiger partial charge in [-0.25, -0.2) is 9.67 Å². The summed E-state index contributed by atoms with van der Waals surface area (Å²) in [5, 5.41) is 18.2. The normalized spacial score (nSPS) is 16.1. The van der Waals surface area contributed by atoms with Gasteiger partial charge in [0.2, 0.25) is 0 Å². The van der Waals surface area contributed by atoms with E-state index in [9.17, 15) is 14.7 Å². The Hall–Kier alpha value is -3.86. The molecule has 2 N–H and O–H groups in total. The summed E-state index contributed by atoms with van der Waals surface area (Å²) < 4.78 is 1.28. The van der Waals surface area contributed by atoms with Gasteiger partial charge in [-0.15, -0.1) is 11.3 Å². The van der Waals surface area contributed by atoms with Gasteiger partial charge in [-0.3, -0.25) is 9.59 Å². The van der Waals surface area contributed by atoms with Crippen LogP contribution in [-0.4, -0.2) is 50.8 Å². The first-order chi connectivity index (χ1) is 20.5. The van der Waals surface area contributed by atoms with Crippen LogP contribution in [0.25, 0.3) is 11.3 Å². The Morgan fingerprint density at radius 3 is 2.49 bits per heavy atom. The molecule has 4 aromatic rings. The Balaban J connectivity index is 1.28. The maximum atomic E-state index is 13.5. The smallest absolute Gasteiger partial charge is 0.290 e. The second-order valence-electron chi connectivity index (χ2n) is 12.6. The van der Waals surface area contributed by atoms with Crippen molar-refractivity contribution in [3.8, 4) is 11.3 Å². The number of benzene rings is 1. The number of aliphatic hydroxyl groups is 1. The maximum Gasteiger partial charge on any atom is 0.290 e. The summed E-state index contributed by atoms with van der Waals surface area (Å²) in [5.74, 6) is 1.01. The van der Waals surface area contributed by atoms with Gasteiger partial charge in [-0.2, -0.15) is 5.10 Å². The van der Waals surface area contributed by atoms with Crippen molar-refractivity contribution >= 4 is 34.4 Å². The minimum absolute atomic E-state index is 0.0266. The van der Waals surface area contributed by atoms with Crippen molar-refractivity contribution in [3.63, 3.8) is 0 Å². The Labute approximate surface area is 255 Å². The number of pyridine rings is 1. The van der Waals surface area contributed by atoms with Crippen molar-refractivity contribution in [2.75, 3.05) is 30.4 Å². The van der Waals surface area contributed by atoms with E-state index in [1.165, 1.54) is 15.1 Å². The van der Waals surface area contributed by atoms with Gasteiger partial charge in [-0.1, -0.05) is 39.0 Å². The standard InChI is InChI=1S/C33H38N6O3S/c1-33(2,3)28-15-22-18-39(32(42)30(22)43-28)27-8-6-7-23(24(27)19-40)25-16-26(31(41)38(5)36-25)35-29-10-9-21(17-34-29)20-11-13-37(4)14-12-20/h6-10,15-17,20,40H,11-14,18-19H2,1-5H3,(H,34,35). The summed E-state index contributed by atoms with van der Waals surface area (Å²) in [6.45, 7) is 8.76. The summed E-state index contributed by atoms with van der Waals surface area (Å²) in [7, 11) is 3.75. The summed E-state index contributed by atoms with van der Waals surface area (Å²) >= 11 is 1.54. The molecule has 0 aliphatic carbocycles. The van der Waals surface area contributed by atoms with Gasteiger partial charge in [0.1, 0.15) is 11.5 Å². The van der Waals surface area contributed by atoms with Gasteiger partial charge in [0.15, 0.2) is 0 Å². The number of aromatic nitrogens is 3. The number of aryl methyl sites for hydroxylation is 1. The van der Waals surface area contributed by atoms with Crippen LogP contribution in [-0.2, 0) is 25.6 Å². The van der Waals surface area contributed by atoms with E-state index >= 15 is 0 Å². The largest absolute Gasteiger partial charge is 0.392 e. The molecule has 0 bridgehead atoms. The highest BCUT2D eigenvalue weighted by Gasteiger charge is 2.34. The number of hydrogen-bond donors (Lipinski definition) is 2. The lowest BCUT2D eigenvalue weighted by Gasteiger charge is -2.29. The van der Waals surface area contributed by atoms with Crippen LogP contribution in [0, 0.1) is 0 Å². The molecule has 2 aliphatic rings. The quantitative estimate of drug-likeness (QED) is 0.306. The van der Waals surface area contributed by atoms with Crippen LogP contribution in [0.2, 0.25) is 0 Å². The average molecular weight is 599 g/mol. The second-order valence-corrected chi connectivity index (χ2v) is 13.7. The van der Waals surface area contributed by atoms with E-state index < -0.39 is 0 Å². The minimum Gasteiger partial charge on any atom is -0.392 e. The molecule has 1 saturated heterocycles. The number of fused-ring (bicyclic) bond motifs is 1. The van der Waals surface area contributed by atoms with E-state index in [2.05, 4.69) is 60.3 Å². The molecule has 0 radical (unpaired) electrons. The molecule has 224 valence electrons. The van der Waals surface area contributed by atoms with Crippen molar-refractivity contribution in [3.05, 3.63) is 85.5 Å². The van der Waals surface area contributed by atoms with Gasteiger partial charge >= 0.3 is 0 Å². The van der Waals surface area contributed by atoms with E-state index in [-0.39, 0.29) is 23.5 Å². The molecule has 1 aromatic carbocycles. The molecule has 2 aliphatic heterocycles. The van der Waals surface area contributed by atoms with Crippen LogP contribution in [0.1, 0.15) is 70.8 Å². The molecule has 1 fully saturated rings. The van der Waals surface area contributed by atoms with Crippen molar-refractivity contribution in [2.24, 2.45) is 7.05 Å². The van der Waals surface area contributed by atoms with Crippen molar-refractivity contribution < 1.29 is 9.90 Å². The Bertz CT molecular complexity index is 1730. The van der Waals surface area contributed by atoms with E-state index in [1.54, 1.807) is 29.4 Å². The third kappa shape index (κ3) is 5.62. The van der Waals surface area contributed by atoms with Crippen LogP contribution in [0.15, 0.2) is 53.5 Å². The monoisotopic (exact) mass is 598 g/mol. The molecule has 1 amide bonds. The number of piperidine rings is 1. The number of nitrogens with one attached hydrogen (secondary N) is 1. The van der Waals surface area contributed by atoms with Crippen LogP contribution in [0.5, 0.6) is 0 Å². The lowest BCUT2D eigenvalue weighted by atomic mass is 9.91. The Morgan fingerprint density at radius 1 is 1.07 bits per heavy atom. The molecule has 10 heteroatoms. The molecule has 0 unspecified atom stereocenters.